The summed E-state index contributed by atoms with van der Waals surface area (Å²) in [6.45, 7) is 3.37. The summed E-state index contributed by atoms with van der Waals surface area (Å²) in [5, 5.41) is 0. The molecule has 74 valence electrons. The lowest BCUT2D eigenvalue weighted by atomic mass is 9.75. The smallest absolute Gasteiger partial charge is 0.0707 e. The Morgan fingerprint density at radius 1 is 1.15 bits per heavy atom. The maximum absolute atomic E-state index is 5.81. The zero-order valence-corrected chi connectivity index (χ0v) is 8.59. The summed E-state index contributed by atoms with van der Waals surface area (Å²) in [6.07, 6.45) is 8.74. The fraction of sp³-hybridized carbons (Fsp3) is 1.00. The number of rotatable bonds is 2. The quantitative estimate of drug-likeness (QED) is 0.634. The molecule has 13 heavy (non-hydrogen) atoms. The van der Waals surface area contributed by atoms with Crippen molar-refractivity contribution in [3.63, 3.8) is 0 Å². The van der Waals surface area contributed by atoms with Gasteiger partial charge in [0.05, 0.1) is 12.2 Å². The number of hydrogen-bond donors (Lipinski definition) is 0. The van der Waals surface area contributed by atoms with E-state index in [0.717, 1.165) is 24.4 Å². The van der Waals surface area contributed by atoms with Gasteiger partial charge in [0.2, 0.25) is 0 Å². The molecule has 0 aromatic heterocycles. The van der Waals surface area contributed by atoms with Crippen LogP contribution in [0.25, 0.3) is 0 Å². The highest BCUT2D eigenvalue weighted by molar-refractivity contribution is 5.00. The molecule has 0 N–H and O–H groups in total. The maximum Gasteiger partial charge on any atom is 0.0707 e. The molecule has 0 amide bonds. The second-order valence-corrected chi connectivity index (χ2v) is 5.45. The van der Waals surface area contributed by atoms with Gasteiger partial charge in [0, 0.05) is 0 Å². The Bertz CT molecular complexity index is 203. The maximum atomic E-state index is 5.81. The van der Waals surface area contributed by atoms with Gasteiger partial charge in [-0.15, -0.1) is 0 Å². The van der Waals surface area contributed by atoms with E-state index in [0.29, 0.717) is 5.60 Å². The van der Waals surface area contributed by atoms with Crippen LogP contribution in [0.15, 0.2) is 0 Å². The van der Waals surface area contributed by atoms with Gasteiger partial charge in [0.15, 0.2) is 0 Å². The summed E-state index contributed by atoms with van der Waals surface area (Å²) in [7, 11) is 0. The normalized spacial score (nSPS) is 50.5. The summed E-state index contributed by atoms with van der Waals surface area (Å²) in [4.78, 5) is 0. The van der Waals surface area contributed by atoms with Crippen molar-refractivity contribution in [1.82, 2.24) is 0 Å². The Kier molecular flexibility index (Phi) is 1.74. The lowest BCUT2D eigenvalue weighted by molar-refractivity contribution is -0.177. The van der Waals surface area contributed by atoms with Gasteiger partial charge in [-0.2, -0.15) is 0 Å². The first-order valence-corrected chi connectivity index (χ1v) is 5.93. The Hall–Kier alpha value is -0.0400. The predicted molar refractivity (Wildman–Crippen MR) is 52.5 cm³/mol. The van der Waals surface area contributed by atoms with Crippen LogP contribution in [0.2, 0.25) is 0 Å². The van der Waals surface area contributed by atoms with Crippen LogP contribution in [0.3, 0.4) is 0 Å². The molecule has 1 heteroatoms. The highest BCUT2D eigenvalue weighted by atomic mass is 16.5. The second kappa shape index (κ2) is 2.73. The van der Waals surface area contributed by atoms with E-state index in [2.05, 4.69) is 6.92 Å². The van der Waals surface area contributed by atoms with Crippen LogP contribution in [-0.4, -0.2) is 12.2 Å². The van der Waals surface area contributed by atoms with Crippen molar-refractivity contribution in [2.24, 2.45) is 17.8 Å². The summed E-state index contributed by atoms with van der Waals surface area (Å²) < 4.78 is 5.81. The lowest BCUT2D eigenvalue weighted by Crippen LogP contribution is -2.48. The zero-order valence-electron chi connectivity index (χ0n) is 8.59. The van der Waals surface area contributed by atoms with Gasteiger partial charge in [0.25, 0.3) is 0 Å². The number of hydrogen-bond acceptors (Lipinski definition) is 1. The molecule has 3 atom stereocenters. The van der Waals surface area contributed by atoms with Gasteiger partial charge in [-0.3, -0.25) is 0 Å². The first-order chi connectivity index (χ1) is 6.30. The van der Waals surface area contributed by atoms with Gasteiger partial charge >= 0.3 is 0 Å². The average Bonchev–Trinajstić information content (AvgIpc) is 2.80. The van der Waals surface area contributed by atoms with E-state index in [1.54, 1.807) is 0 Å². The van der Waals surface area contributed by atoms with Crippen LogP contribution in [-0.2, 0) is 4.74 Å². The molecule has 1 aliphatic heterocycles. The first kappa shape index (κ1) is 8.28. The van der Waals surface area contributed by atoms with Crippen molar-refractivity contribution in [3.05, 3.63) is 0 Å². The van der Waals surface area contributed by atoms with Crippen LogP contribution in [0.4, 0.5) is 0 Å². The molecule has 1 heterocycles. The van der Waals surface area contributed by atoms with Crippen LogP contribution in [0.5, 0.6) is 0 Å². The topological polar surface area (TPSA) is 9.23 Å². The van der Waals surface area contributed by atoms with Crippen molar-refractivity contribution in [1.29, 1.82) is 0 Å². The van der Waals surface area contributed by atoms with Crippen LogP contribution in [0, 0.1) is 17.8 Å². The lowest BCUT2D eigenvalue weighted by Gasteiger charge is -2.46. The summed E-state index contributed by atoms with van der Waals surface area (Å²) in [5.41, 5.74) is 0.295. The van der Waals surface area contributed by atoms with Crippen molar-refractivity contribution < 1.29 is 4.74 Å². The molecule has 2 aliphatic carbocycles. The van der Waals surface area contributed by atoms with Gasteiger partial charge in [-0.25, -0.2) is 0 Å². The molecule has 2 unspecified atom stereocenters. The zero-order chi connectivity index (χ0) is 8.89. The van der Waals surface area contributed by atoms with Crippen molar-refractivity contribution in [3.8, 4) is 0 Å². The summed E-state index contributed by atoms with van der Waals surface area (Å²) in [6, 6.07) is 0. The minimum atomic E-state index is 0.295. The van der Waals surface area contributed by atoms with Gasteiger partial charge in [-0.1, -0.05) is 6.42 Å². The molecule has 1 nitrogen and oxygen atoms in total. The minimum absolute atomic E-state index is 0.295. The third-order valence-electron chi connectivity index (χ3n) is 4.61. The Morgan fingerprint density at radius 3 is 2.46 bits per heavy atom. The monoisotopic (exact) mass is 180 g/mol. The fourth-order valence-electron chi connectivity index (χ4n) is 3.55. The molecule has 1 saturated heterocycles. The molecule has 3 aliphatic rings. The molecule has 0 spiro atoms. The summed E-state index contributed by atoms with van der Waals surface area (Å²) >= 11 is 0. The van der Waals surface area contributed by atoms with Crippen molar-refractivity contribution >= 4 is 0 Å². The molecule has 2 saturated carbocycles. The third-order valence-corrected chi connectivity index (χ3v) is 4.61. The highest BCUT2D eigenvalue weighted by Gasteiger charge is 2.50. The SMILES string of the molecule is CC1([C@@H]2CCCC2C2CC2)CCO1. The largest absolute Gasteiger partial charge is 0.375 e. The Morgan fingerprint density at radius 2 is 1.92 bits per heavy atom. The van der Waals surface area contributed by atoms with E-state index in [-0.39, 0.29) is 0 Å². The Balaban J connectivity index is 1.73. The van der Waals surface area contributed by atoms with Gasteiger partial charge in [0.1, 0.15) is 0 Å². The number of ether oxygens (including phenoxy) is 1. The van der Waals surface area contributed by atoms with E-state index in [9.17, 15) is 0 Å². The second-order valence-electron chi connectivity index (χ2n) is 5.45. The predicted octanol–water partition coefficient (Wildman–Crippen LogP) is 2.99. The van der Waals surface area contributed by atoms with E-state index >= 15 is 0 Å². The molecule has 0 aromatic carbocycles. The third kappa shape index (κ3) is 1.24. The van der Waals surface area contributed by atoms with Gasteiger partial charge < -0.3 is 4.74 Å². The molecule has 0 bridgehead atoms. The standard InChI is InChI=1S/C12H20O/c1-12(7-8-13-12)11-4-2-3-10(11)9-5-6-9/h9-11H,2-8H2,1H3/t10?,11-,12?/m1/s1. The van der Waals surface area contributed by atoms with E-state index in [1.807, 2.05) is 0 Å². The van der Waals surface area contributed by atoms with E-state index in [1.165, 1.54) is 38.5 Å². The molecule has 3 fully saturated rings. The molecular weight excluding hydrogens is 160 g/mol. The molecule has 3 rings (SSSR count). The first-order valence-electron chi connectivity index (χ1n) is 5.93. The molecule has 0 radical (unpaired) electrons. The van der Waals surface area contributed by atoms with Crippen molar-refractivity contribution in [2.75, 3.05) is 6.61 Å². The van der Waals surface area contributed by atoms with E-state index in [4.69, 9.17) is 4.74 Å². The molecule has 0 aromatic rings. The van der Waals surface area contributed by atoms with Crippen molar-refractivity contribution in [2.45, 2.75) is 51.0 Å². The van der Waals surface area contributed by atoms with Crippen LogP contribution < -0.4 is 0 Å². The Labute approximate surface area is 80.8 Å². The fourth-order valence-corrected chi connectivity index (χ4v) is 3.55. The minimum Gasteiger partial charge on any atom is -0.375 e. The highest BCUT2D eigenvalue weighted by Crippen LogP contribution is 2.54. The van der Waals surface area contributed by atoms with Crippen LogP contribution >= 0.6 is 0 Å². The average molecular weight is 180 g/mol. The van der Waals surface area contributed by atoms with E-state index < -0.39 is 0 Å². The van der Waals surface area contributed by atoms with Gasteiger partial charge in [-0.05, 0) is 56.8 Å². The summed E-state index contributed by atoms with van der Waals surface area (Å²) in [5.74, 6) is 3.03. The van der Waals surface area contributed by atoms with Crippen LogP contribution in [0.1, 0.15) is 45.4 Å². The molecular formula is C12H20O.